The van der Waals surface area contributed by atoms with Crippen LogP contribution in [0.1, 0.15) is 26.7 Å². The van der Waals surface area contributed by atoms with Crippen LogP contribution in [0.5, 0.6) is 5.75 Å². The van der Waals surface area contributed by atoms with Crippen LogP contribution < -0.4 is 15.4 Å². The number of nitrogens with one attached hydrogen (secondary N) is 1. The second kappa shape index (κ2) is 8.69. The predicted octanol–water partition coefficient (Wildman–Crippen LogP) is 2.76. The third kappa shape index (κ3) is 3.90. The number of rotatable bonds is 4. The molecule has 0 saturated carbocycles. The van der Waals surface area contributed by atoms with E-state index >= 15 is 0 Å². The van der Waals surface area contributed by atoms with Gasteiger partial charge < -0.3 is 20.4 Å². The lowest BCUT2D eigenvalue weighted by atomic mass is 9.98. The molecule has 0 aliphatic carbocycles. The maximum Gasteiger partial charge on any atom is 0.228 e. The summed E-state index contributed by atoms with van der Waals surface area (Å²) in [6.45, 7) is 5.33. The van der Waals surface area contributed by atoms with Gasteiger partial charge in [0.15, 0.2) is 5.65 Å². The molecule has 148 valence electrons. The molecule has 28 heavy (non-hydrogen) atoms. The number of nitrogens with two attached hydrogens (primary N) is 1. The lowest BCUT2D eigenvalue weighted by Gasteiger charge is -2.31. The van der Waals surface area contributed by atoms with Crippen molar-refractivity contribution in [1.29, 1.82) is 0 Å². The minimum absolute atomic E-state index is 0.174. The van der Waals surface area contributed by atoms with Gasteiger partial charge in [-0.05, 0) is 37.1 Å². The Morgan fingerprint density at radius 1 is 1.25 bits per heavy atom. The summed E-state index contributed by atoms with van der Waals surface area (Å²) in [6.07, 6.45) is 3.30. The topological polar surface area (TPSA) is 110 Å². The molecule has 1 atom stereocenters. The molecule has 3 aromatic rings. The minimum Gasteiger partial charge on any atom is -0.497 e. The fraction of sp³-hybridized carbons (Fsp3) is 0.400. The number of methoxy groups -OCH3 is 1. The van der Waals surface area contributed by atoms with Crippen LogP contribution in [-0.2, 0) is 4.79 Å². The molecule has 3 N–H and O–H groups in total. The molecule has 8 heteroatoms. The number of benzene rings is 1. The van der Waals surface area contributed by atoms with Crippen molar-refractivity contribution in [3.8, 4) is 17.0 Å². The fourth-order valence-corrected chi connectivity index (χ4v) is 3.31. The SMILES string of the molecule is CC.COc1ccc(-c2nc(N3CCCC(C(N)=O)C3)nc3nc[nH]c23)cc1. The number of anilines is 1. The highest BCUT2D eigenvalue weighted by atomic mass is 16.5. The molecule has 2 aromatic heterocycles. The average molecular weight is 382 g/mol. The van der Waals surface area contributed by atoms with Crippen LogP contribution in [0.2, 0.25) is 0 Å². The average Bonchev–Trinajstić information content (AvgIpc) is 3.23. The zero-order chi connectivity index (χ0) is 20.1. The van der Waals surface area contributed by atoms with Crippen molar-refractivity contribution in [3.63, 3.8) is 0 Å². The van der Waals surface area contributed by atoms with Gasteiger partial charge in [0.1, 0.15) is 17.0 Å². The lowest BCUT2D eigenvalue weighted by molar-refractivity contribution is -0.122. The number of fused-ring (bicyclic) bond motifs is 1. The van der Waals surface area contributed by atoms with E-state index in [1.807, 2.05) is 43.0 Å². The second-order valence-electron chi connectivity index (χ2n) is 6.39. The van der Waals surface area contributed by atoms with Crippen molar-refractivity contribution < 1.29 is 9.53 Å². The normalized spacial score (nSPS) is 16.4. The molecule has 0 bridgehead atoms. The van der Waals surface area contributed by atoms with E-state index in [2.05, 4.69) is 15.0 Å². The molecular formula is C20H26N6O2. The van der Waals surface area contributed by atoms with Gasteiger partial charge >= 0.3 is 0 Å². The van der Waals surface area contributed by atoms with E-state index in [1.54, 1.807) is 13.4 Å². The van der Waals surface area contributed by atoms with E-state index < -0.39 is 0 Å². The number of aromatic nitrogens is 4. The zero-order valence-corrected chi connectivity index (χ0v) is 16.5. The number of hydrogen-bond donors (Lipinski definition) is 2. The van der Waals surface area contributed by atoms with Gasteiger partial charge in [0, 0.05) is 18.7 Å². The highest BCUT2D eigenvalue weighted by molar-refractivity contribution is 5.88. The fourth-order valence-electron chi connectivity index (χ4n) is 3.31. The first kappa shape index (κ1) is 19.6. The number of amides is 1. The predicted molar refractivity (Wildman–Crippen MR) is 109 cm³/mol. The van der Waals surface area contributed by atoms with Crippen LogP contribution in [0.15, 0.2) is 30.6 Å². The van der Waals surface area contributed by atoms with Gasteiger partial charge in [-0.2, -0.15) is 4.98 Å². The van der Waals surface area contributed by atoms with Crippen molar-refractivity contribution >= 4 is 23.0 Å². The summed E-state index contributed by atoms with van der Waals surface area (Å²) in [4.78, 5) is 30.3. The third-order valence-corrected chi connectivity index (χ3v) is 4.74. The van der Waals surface area contributed by atoms with Crippen LogP contribution in [-0.4, -0.2) is 46.0 Å². The van der Waals surface area contributed by atoms with Gasteiger partial charge in [-0.15, -0.1) is 0 Å². The smallest absolute Gasteiger partial charge is 0.228 e. The monoisotopic (exact) mass is 382 g/mol. The Labute approximate surface area is 164 Å². The Bertz CT molecular complexity index is 938. The van der Waals surface area contributed by atoms with Crippen LogP contribution in [0.3, 0.4) is 0 Å². The molecule has 3 heterocycles. The van der Waals surface area contributed by atoms with Crippen LogP contribution in [0.25, 0.3) is 22.4 Å². The Balaban J connectivity index is 0.00000109. The molecule has 1 unspecified atom stereocenters. The van der Waals surface area contributed by atoms with Crippen molar-refractivity contribution in [2.24, 2.45) is 11.7 Å². The molecule has 1 saturated heterocycles. The minimum atomic E-state index is -0.272. The summed E-state index contributed by atoms with van der Waals surface area (Å²) in [5.41, 5.74) is 8.58. The molecule has 1 aromatic carbocycles. The highest BCUT2D eigenvalue weighted by Gasteiger charge is 2.26. The van der Waals surface area contributed by atoms with Crippen LogP contribution in [0.4, 0.5) is 5.95 Å². The van der Waals surface area contributed by atoms with E-state index in [4.69, 9.17) is 15.5 Å². The number of nitrogens with zero attached hydrogens (tertiary/aromatic N) is 4. The van der Waals surface area contributed by atoms with Gasteiger partial charge in [0.05, 0.1) is 19.4 Å². The molecule has 1 aliphatic heterocycles. The largest absolute Gasteiger partial charge is 0.497 e. The Morgan fingerprint density at radius 2 is 2.00 bits per heavy atom. The van der Waals surface area contributed by atoms with Gasteiger partial charge in [-0.1, -0.05) is 13.8 Å². The van der Waals surface area contributed by atoms with E-state index in [1.165, 1.54) is 0 Å². The van der Waals surface area contributed by atoms with Crippen LogP contribution >= 0.6 is 0 Å². The number of H-pyrrole nitrogens is 1. The first-order valence-electron chi connectivity index (χ1n) is 9.55. The van der Waals surface area contributed by atoms with Gasteiger partial charge in [-0.3, -0.25) is 4.79 Å². The van der Waals surface area contributed by atoms with E-state index in [0.717, 1.165) is 41.9 Å². The maximum absolute atomic E-state index is 11.6. The summed E-state index contributed by atoms with van der Waals surface area (Å²) in [7, 11) is 1.64. The number of carbonyl (C=O) groups is 1. The van der Waals surface area contributed by atoms with Gasteiger partial charge in [-0.25, -0.2) is 9.97 Å². The molecule has 8 nitrogen and oxygen atoms in total. The molecule has 1 fully saturated rings. The number of aromatic amines is 1. The van der Waals surface area contributed by atoms with Crippen LogP contribution in [0, 0.1) is 5.92 Å². The Morgan fingerprint density at radius 3 is 2.68 bits per heavy atom. The number of piperidine rings is 1. The van der Waals surface area contributed by atoms with Crippen molar-refractivity contribution in [2.45, 2.75) is 26.7 Å². The quantitative estimate of drug-likeness (QED) is 0.718. The highest BCUT2D eigenvalue weighted by Crippen LogP contribution is 2.29. The maximum atomic E-state index is 11.6. The first-order chi connectivity index (χ1) is 13.7. The first-order valence-corrected chi connectivity index (χ1v) is 9.55. The summed E-state index contributed by atoms with van der Waals surface area (Å²) in [6, 6.07) is 7.69. The Hall–Kier alpha value is -3.16. The summed E-state index contributed by atoms with van der Waals surface area (Å²) in [5.74, 6) is 0.906. The molecule has 0 radical (unpaired) electrons. The summed E-state index contributed by atoms with van der Waals surface area (Å²) >= 11 is 0. The van der Waals surface area contributed by atoms with Crippen molar-refractivity contribution in [2.75, 3.05) is 25.1 Å². The van der Waals surface area contributed by atoms with E-state index in [0.29, 0.717) is 18.1 Å². The molecule has 1 aliphatic rings. The van der Waals surface area contributed by atoms with Gasteiger partial charge in [0.2, 0.25) is 11.9 Å². The number of hydrogen-bond acceptors (Lipinski definition) is 6. The van der Waals surface area contributed by atoms with Crippen molar-refractivity contribution in [3.05, 3.63) is 30.6 Å². The molecular weight excluding hydrogens is 356 g/mol. The summed E-state index contributed by atoms with van der Waals surface area (Å²) in [5, 5.41) is 0. The number of imidazole rings is 1. The number of ether oxygens (including phenoxy) is 1. The zero-order valence-electron chi connectivity index (χ0n) is 16.5. The second-order valence-corrected chi connectivity index (χ2v) is 6.39. The van der Waals surface area contributed by atoms with E-state index in [-0.39, 0.29) is 11.8 Å². The molecule has 4 rings (SSSR count). The lowest BCUT2D eigenvalue weighted by Crippen LogP contribution is -2.42. The standard InChI is InChI=1S/C18H20N6O2.C2H6/c1-26-13-6-4-11(5-7-13)14-15-17(21-10-20-15)23-18(22-14)24-8-2-3-12(9-24)16(19)25;1-2/h4-7,10,12H,2-3,8-9H2,1H3,(H2,19,25)(H,20,21,22,23);1-2H3. The summed E-state index contributed by atoms with van der Waals surface area (Å²) < 4.78 is 5.23. The third-order valence-electron chi connectivity index (χ3n) is 4.74. The van der Waals surface area contributed by atoms with Crippen molar-refractivity contribution in [1.82, 2.24) is 19.9 Å². The number of primary amides is 1. The number of carbonyl (C=O) groups excluding carboxylic acids is 1. The van der Waals surface area contributed by atoms with Gasteiger partial charge in [0.25, 0.3) is 0 Å². The van der Waals surface area contributed by atoms with E-state index in [9.17, 15) is 4.79 Å². The Kier molecular flexibility index (Phi) is 6.08. The molecule has 0 spiro atoms. The molecule has 1 amide bonds.